The van der Waals surface area contributed by atoms with Gasteiger partial charge < -0.3 is 26.8 Å². The maximum absolute atomic E-state index is 12.6. The maximum atomic E-state index is 12.6. The van der Waals surface area contributed by atoms with E-state index in [2.05, 4.69) is 10.6 Å². The van der Waals surface area contributed by atoms with E-state index in [0.29, 0.717) is 25.8 Å². The second-order valence-corrected chi connectivity index (χ2v) is 6.79. The summed E-state index contributed by atoms with van der Waals surface area (Å²) in [5.41, 5.74) is 12.8. The quantitative estimate of drug-likeness (QED) is 0.112. The zero-order valence-electron chi connectivity index (χ0n) is 16.9. The van der Waals surface area contributed by atoms with Crippen molar-refractivity contribution in [3.63, 3.8) is 0 Å². The first-order chi connectivity index (χ1) is 14.4. The number of benzene rings is 1. The molecule has 162 valence electrons. The highest BCUT2D eigenvalue weighted by molar-refractivity contribution is 5.91. The molecule has 0 saturated carbocycles. The number of aromatic nitrogens is 1. The van der Waals surface area contributed by atoms with E-state index in [9.17, 15) is 14.4 Å². The fraction of sp³-hybridized carbons (Fsp3) is 0.400. The van der Waals surface area contributed by atoms with Gasteiger partial charge in [0, 0.05) is 18.1 Å². The highest BCUT2D eigenvalue weighted by Gasteiger charge is 2.25. The molecule has 10 nitrogen and oxygen atoms in total. The Morgan fingerprint density at radius 3 is 2.73 bits per heavy atom. The van der Waals surface area contributed by atoms with Gasteiger partial charge in [0.2, 0.25) is 12.3 Å². The van der Waals surface area contributed by atoms with E-state index < -0.39 is 24.0 Å². The molecule has 1 aromatic carbocycles. The summed E-state index contributed by atoms with van der Waals surface area (Å²) < 4.78 is 6.48. The summed E-state index contributed by atoms with van der Waals surface area (Å²) in [6.45, 7) is 2.26. The van der Waals surface area contributed by atoms with Crippen molar-refractivity contribution in [3.8, 4) is 0 Å². The summed E-state index contributed by atoms with van der Waals surface area (Å²) >= 11 is 0. The average Bonchev–Trinajstić information content (AvgIpc) is 3.07. The monoisotopic (exact) mass is 416 g/mol. The van der Waals surface area contributed by atoms with Crippen LogP contribution in [-0.4, -0.2) is 54.0 Å². The van der Waals surface area contributed by atoms with E-state index in [0.717, 1.165) is 16.5 Å². The van der Waals surface area contributed by atoms with E-state index in [-0.39, 0.29) is 19.0 Å². The van der Waals surface area contributed by atoms with Crippen LogP contribution in [0.4, 0.5) is 0 Å². The highest BCUT2D eigenvalue weighted by atomic mass is 16.5. The lowest BCUT2D eigenvalue weighted by molar-refractivity contribution is -0.147. The molecule has 0 saturated heterocycles. The molecule has 7 N–H and O–H groups in total. The first-order valence-electron chi connectivity index (χ1n) is 9.71. The number of nitrogens with one attached hydrogen (secondary N) is 3. The topological polar surface area (TPSA) is 165 Å². The number of nitrogens with two attached hydrogens (primary N) is 2. The molecule has 1 amide bonds. The third-order valence-electron chi connectivity index (χ3n) is 4.59. The molecular weight excluding hydrogens is 388 g/mol. The van der Waals surface area contributed by atoms with Gasteiger partial charge in [0.25, 0.3) is 0 Å². The summed E-state index contributed by atoms with van der Waals surface area (Å²) in [5, 5.41) is 13.3. The Bertz CT molecular complexity index is 910. The zero-order valence-corrected chi connectivity index (χ0v) is 16.9. The maximum Gasteiger partial charge on any atom is 0.328 e. The largest absolute Gasteiger partial charge is 0.464 e. The number of guanidine groups is 1. The smallest absolute Gasteiger partial charge is 0.328 e. The fourth-order valence-corrected chi connectivity index (χ4v) is 3.16. The van der Waals surface area contributed by atoms with Crippen molar-refractivity contribution >= 4 is 35.1 Å². The molecule has 0 radical (unpaired) electrons. The van der Waals surface area contributed by atoms with Crippen molar-refractivity contribution in [3.05, 3.63) is 36.0 Å². The molecular formula is C20H28N6O4. The fourth-order valence-electron chi connectivity index (χ4n) is 3.16. The van der Waals surface area contributed by atoms with Crippen molar-refractivity contribution < 1.29 is 19.1 Å². The van der Waals surface area contributed by atoms with E-state index >= 15 is 0 Å². The summed E-state index contributed by atoms with van der Waals surface area (Å²) in [6, 6.07) is 5.57. The first kappa shape index (κ1) is 22.9. The molecule has 0 aliphatic carbocycles. The Balaban J connectivity index is 2.04. The summed E-state index contributed by atoms with van der Waals surface area (Å²) in [7, 11) is 0. The molecule has 10 heteroatoms. The van der Waals surface area contributed by atoms with Crippen LogP contribution in [0, 0.1) is 5.41 Å². The van der Waals surface area contributed by atoms with Gasteiger partial charge >= 0.3 is 5.97 Å². The van der Waals surface area contributed by atoms with Crippen LogP contribution < -0.4 is 22.1 Å². The number of amides is 1. The van der Waals surface area contributed by atoms with E-state index in [1.807, 2.05) is 24.3 Å². The van der Waals surface area contributed by atoms with Crippen LogP contribution in [0.25, 0.3) is 10.9 Å². The van der Waals surface area contributed by atoms with Gasteiger partial charge in [-0.1, -0.05) is 18.2 Å². The number of fused-ring (bicyclic) bond motifs is 1. The van der Waals surface area contributed by atoms with Gasteiger partial charge in [-0.3, -0.25) is 19.6 Å². The molecule has 2 atom stereocenters. The Morgan fingerprint density at radius 2 is 2.07 bits per heavy atom. The van der Waals surface area contributed by atoms with Gasteiger partial charge in [0.15, 0.2) is 5.96 Å². The minimum atomic E-state index is -0.914. The lowest BCUT2D eigenvalue weighted by atomic mass is 10.0. The minimum absolute atomic E-state index is 0.164. The molecule has 0 bridgehead atoms. The number of rotatable bonds is 11. The minimum Gasteiger partial charge on any atom is -0.464 e. The lowest BCUT2D eigenvalue weighted by Gasteiger charge is -2.20. The van der Waals surface area contributed by atoms with Gasteiger partial charge in [0.05, 0.1) is 18.2 Å². The van der Waals surface area contributed by atoms with Crippen LogP contribution in [0.5, 0.6) is 0 Å². The highest BCUT2D eigenvalue weighted by Crippen LogP contribution is 2.21. The lowest BCUT2D eigenvalue weighted by Crippen LogP contribution is -2.49. The van der Waals surface area contributed by atoms with Crippen LogP contribution in [-0.2, 0) is 25.5 Å². The predicted molar refractivity (Wildman–Crippen MR) is 113 cm³/mol. The van der Waals surface area contributed by atoms with Crippen LogP contribution in [0.2, 0.25) is 0 Å². The van der Waals surface area contributed by atoms with Crippen LogP contribution in [0.1, 0.15) is 25.3 Å². The van der Waals surface area contributed by atoms with Gasteiger partial charge in [-0.2, -0.15) is 0 Å². The van der Waals surface area contributed by atoms with Crippen molar-refractivity contribution in [2.75, 3.05) is 13.2 Å². The number of hydrogen-bond acceptors (Lipinski definition) is 6. The average molecular weight is 416 g/mol. The van der Waals surface area contributed by atoms with Crippen LogP contribution >= 0.6 is 0 Å². The third-order valence-corrected chi connectivity index (χ3v) is 4.59. The third kappa shape index (κ3) is 6.05. The van der Waals surface area contributed by atoms with Crippen LogP contribution in [0.3, 0.4) is 0 Å². The first-order valence-corrected chi connectivity index (χ1v) is 9.71. The molecule has 0 aliphatic rings. The molecule has 1 heterocycles. The summed E-state index contributed by atoms with van der Waals surface area (Å²) in [6.07, 6.45) is 3.35. The number of nitrogens with zero attached hydrogens (tertiary/aromatic N) is 1. The predicted octanol–water partition coefficient (Wildman–Crippen LogP) is -0.139. The van der Waals surface area contributed by atoms with Crippen molar-refractivity contribution in [2.24, 2.45) is 11.5 Å². The standard InChI is InChI=1S/C20H28N6O4/c1-2-30-19(29)16(7-5-9-24-20(22)23)25-18(28)15(21)10-13-11-26(12-27)17-8-4-3-6-14(13)17/h3-4,6,8,11-12,15-16H,2,5,7,9-10,21H2,1H3,(H,25,28)(H4,22,23,24). The van der Waals surface area contributed by atoms with Gasteiger partial charge in [-0.25, -0.2) is 4.79 Å². The number of para-hydroxylation sites is 1. The van der Waals surface area contributed by atoms with E-state index in [1.165, 1.54) is 4.57 Å². The van der Waals surface area contributed by atoms with Gasteiger partial charge in [-0.15, -0.1) is 0 Å². The summed E-state index contributed by atoms with van der Waals surface area (Å²) in [5.74, 6) is -1.20. The number of esters is 1. The number of hydrogen-bond donors (Lipinski definition) is 5. The molecule has 2 unspecified atom stereocenters. The van der Waals surface area contributed by atoms with E-state index in [1.54, 1.807) is 13.1 Å². The Morgan fingerprint density at radius 1 is 1.33 bits per heavy atom. The molecule has 0 aliphatic heterocycles. The molecule has 30 heavy (non-hydrogen) atoms. The van der Waals surface area contributed by atoms with Crippen LogP contribution in [0.15, 0.2) is 30.5 Å². The number of carbonyl (C=O) groups excluding carboxylic acids is 3. The SMILES string of the molecule is CCOC(=O)C(CCCNC(=N)N)NC(=O)C(N)Cc1cn(C=O)c2ccccc12. The number of carbonyl (C=O) groups is 3. The molecule has 0 spiro atoms. The van der Waals surface area contributed by atoms with Crippen molar-refractivity contribution in [1.29, 1.82) is 5.41 Å². The Hall–Kier alpha value is -3.40. The molecule has 2 aromatic rings. The van der Waals surface area contributed by atoms with Gasteiger partial charge in [-0.05, 0) is 37.8 Å². The van der Waals surface area contributed by atoms with Gasteiger partial charge in [0.1, 0.15) is 6.04 Å². The Kier molecular flexibility index (Phi) is 8.36. The van der Waals surface area contributed by atoms with Crippen molar-refractivity contribution in [2.45, 2.75) is 38.3 Å². The zero-order chi connectivity index (χ0) is 22.1. The second-order valence-electron chi connectivity index (χ2n) is 6.79. The second kappa shape index (κ2) is 11.0. The molecule has 2 rings (SSSR count). The molecule has 0 fully saturated rings. The molecule has 1 aromatic heterocycles. The summed E-state index contributed by atoms with van der Waals surface area (Å²) in [4.78, 5) is 36.1. The van der Waals surface area contributed by atoms with Crippen molar-refractivity contribution in [1.82, 2.24) is 15.2 Å². The van der Waals surface area contributed by atoms with E-state index in [4.69, 9.17) is 21.6 Å². The normalized spacial score (nSPS) is 12.7. The number of ether oxygens (including phenoxy) is 1. The Labute approximate surface area is 174 Å².